The Hall–Kier alpha value is -13.4. The molecule has 0 aliphatic carbocycles. The van der Waals surface area contributed by atoms with Gasteiger partial charge in [0.15, 0.2) is 0 Å². The third-order valence-electron chi connectivity index (χ3n) is 25.2. The standard InChI is InChI=1S/C37H26F2N2.C37H28N2.C26H28FN2O2.C19H12F4N6.4Pt/c1-37(2,35-13-5-11-33(40-35)29-9-3-7-27(23-29)25-15-19-31(38)20-16-25)36-14-6-12-34(41-36)30-10-4-8-28(24-30)26-17-21-32(39)22-18-26;1-27-23-33(29-15-7-3-8-16-29)38-35(25-27)37(31-19-11-5-12-20-31,32-21-13-6-14-22-32)36-26-28(2)24-34(39-36)30-17-9-4-10-18-30;1-5-17(3)26(18(4)6-2,23-14-10-13-21(28-23)25(30)31)24-16-20(27)15-22(29-24)19-11-8-7-9-12-19;1-19(2,17-24-7-11(26-17)9-3-5-13(20)28-15(9)22)18-25-8-12(27-18)10-4-6-14(21)29-16(10)23;;;;/h3-8,11-24H,1-2H3;3-15,17,19-26H,1-2H3;7-11,13-18H,5-6H2,1-4H3,(H,30,31);5-6H,7-8H2,1-2H3;;;;/q2*-2;-1;-2;;3*+2. The van der Waals surface area contributed by atoms with Crippen LogP contribution in [-0.2, 0) is 101 Å². The number of aromatic carboxylic acids is 1. The molecular formula is C119H94F7N12O2Pt4-. The summed E-state index contributed by atoms with van der Waals surface area (Å²) in [6.45, 7) is 20.5. The van der Waals surface area contributed by atoms with Crippen molar-refractivity contribution in [2.24, 2.45) is 37.2 Å². The zero-order chi connectivity index (χ0) is 98.4. The average Bonchev–Trinajstić information content (AvgIpc) is 0.865. The van der Waals surface area contributed by atoms with Gasteiger partial charge in [-0.1, -0.05) is 202 Å². The molecule has 17 aromatic rings. The number of hydrogen-bond donors (Lipinski definition) is 1. The minimum Gasteiger partial charge on any atom is -0.477 e. The van der Waals surface area contributed by atoms with Gasteiger partial charge in [0.25, 0.3) is 0 Å². The second kappa shape index (κ2) is 48.8. The predicted octanol–water partition coefficient (Wildman–Crippen LogP) is 26.7. The Labute approximate surface area is 891 Å². The Kier molecular flexibility index (Phi) is 37.1. The van der Waals surface area contributed by atoms with Crippen LogP contribution in [0.4, 0.5) is 30.7 Å². The van der Waals surface area contributed by atoms with E-state index in [2.05, 4.69) is 230 Å². The summed E-state index contributed by atoms with van der Waals surface area (Å²) in [5.74, 6) is -5.25. The molecule has 25 heteroatoms. The van der Waals surface area contributed by atoms with Crippen molar-refractivity contribution in [2.75, 3.05) is 13.1 Å². The molecule has 144 heavy (non-hydrogen) atoms. The SMILES string of the molecule is CC(C)(C1=NCC(c2[c-]cc(F)nc2F)=N1)C1=NCC(c2[c-]cc(F)nc2F)=N1.CC(C)(c1cccc(-c2[c-]ccc(-c3ccc(F)cc3)c2)n1)c1cccc(-c2[c-]ccc(-c3ccc(F)cc3)c2)n1.CCC(C)C(c1cccc(C(=O)O)n1)(c1cc(F)cc(-c2[c-]cccc2)n1)C(C)CC.Cc1cc(-c2[c-]cccc2)nc(C(c2ccccc2)(c2ccccc2)c2cc(C)cc(-c3[c-]cccc3)n2)c1.[Pt+2].[Pt+2].[Pt+2].[Pt]. The van der Waals surface area contributed by atoms with Crippen molar-refractivity contribution in [3.8, 4) is 78.5 Å². The fourth-order valence-electron chi connectivity index (χ4n) is 17.6. The number of halogens is 7. The second-order valence-electron chi connectivity index (χ2n) is 35.1. The number of aromatic nitrogens is 8. The maximum absolute atomic E-state index is 14.9. The first kappa shape index (κ1) is 109. The second-order valence-corrected chi connectivity index (χ2v) is 35.1. The summed E-state index contributed by atoms with van der Waals surface area (Å²) in [6, 6.07) is 121. The number of nitrogens with zero attached hydrogens (tertiary/aromatic N) is 12. The normalized spacial score (nSPS) is 12.9. The van der Waals surface area contributed by atoms with Gasteiger partial charge in [-0.15, -0.1) is 191 Å². The van der Waals surface area contributed by atoms with Crippen molar-refractivity contribution in [1.82, 2.24) is 39.9 Å². The molecule has 2 aliphatic heterocycles. The van der Waals surface area contributed by atoms with E-state index in [1.165, 1.54) is 42.5 Å². The van der Waals surface area contributed by atoms with Crippen molar-refractivity contribution >= 4 is 29.1 Å². The summed E-state index contributed by atoms with van der Waals surface area (Å²) < 4.78 is 95.6. The van der Waals surface area contributed by atoms with Crippen LogP contribution in [0.1, 0.15) is 146 Å². The quantitative estimate of drug-likeness (QED) is 0.0346. The van der Waals surface area contributed by atoms with Crippen LogP contribution in [0.5, 0.6) is 0 Å². The Morgan fingerprint density at radius 3 is 1.13 bits per heavy atom. The van der Waals surface area contributed by atoms with Gasteiger partial charge in [-0.25, -0.2) is 40.5 Å². The van der Waals surface area contributed by atoms with Crippen LogP contribution in [0.2, 0.25) is 0 Å². The average molecular weight is 2640 g/mol. The molecule has 10 heterocycles. The molecule has 0 fully saturated rings. The van der Waals surface area contributed by atoms with Gasteiger partial charge in [0, 0.05) is 43.6 Å². The van der Waals surface area contributed by atoms with Crippen LogP contribution in [-0.4, -0.2) is 87.1 Å². The molecule has 0 bridgehead atoms. The zero-order valence-electron chi connectivity index (χ0n) is 79.7. The Balaban J connectivity index is 0.000000171. The van der Waals surface area contributed by atoms with E-state index in [0.29, 0.717) is 34.3 Å². The summed E-state index contributed by atoms with van der Waals surface area (Å²) in [5.41, 5.74) is 18.8. The van der Waals surface area contributed by atoms with Gasteiger partial charge in [-0.3, -0.25) is 39.9 Å². The molecule has 14 nitrogen and oxygen atoms in total. The third-order valence-corrected chi connectivity index (χ3v) is 25.2. The van der Waals surface area contributed by atoms with Gasteiger partial charge in [0.1, 0.15) is 64.0 Å². The number of carboxylic acid groups (broad SMARTS) is 1. The molecule has 2 atom stereocenters. The molecule has 0 saturated heterocycles. The molecule has 732 valence electrons. The molecule has 0 amide bonds. The Morgan fingerprint density at radius 1 is 0.354 bits per heavy atom. The summed E-state index contributed by atoms with van der Waals surface area (Å²) in [4.78, 5) is 65.4. The van der Waals surface area contributed by atoms with Crippen LogP contribution >= 0.6 is 0 Å². The zero-order valence-corrected chi connectivity index (χ0v) is 88.8. The third kappa shape index (κ3) is 24.5. The number of rotatable bonds is 24. The monoisotopic (exact) mass is 2640 g/mol. The molecule has 1 N–H and O–H groups in total. The summed E-state index contributed by atoms with van der Waals surface area (Å²) in [6.07, 6.45) is 1.60. The number of carbonyl (C=O) groups is 1. The van der Waals surface area contributed by atoms with E-state index in [9.17, 15) is 40.6 Å². The van der Waals surface area contributed by atoms with Gasteiger partial charge < -0.3 is 20.1 Å². The van der Waals surface area contributed by atoms with E-state index in [0.717, 1.165) is 137 Å². The topological polar surface area (TPSA) is 190 Å². The van der Waals surface area contributed by atoms with E-state index >= 15 is 0 Å². The number of amidine groups is 2. The van der Waals surface area contributed by atoms with Crippen molar-refractivity contribution in [2.45, 2.75) is 98.3 Å². The van der Waals surface area contributed by atoms with Crippen molar-refractivity contribution < 1.29 is 125 Å². The maximum Gasteiger partial charge on any atom is 2.00 e. The van der Waals surface area contributed by atoms with E-state index in [1.54, 1.807) is 50.2 Å². The van der Waals surface area contributed by atoms with Crippen LogP contribution in [0, 0.1) is 115 Å². The molecule has 0 spiro atoms. The van der Waals surface area contributed by atoms with Gasteiger partial charge in [0.05, 0.1) is 41.0 Å². The maximum atomic E-state index is 14.9. The largest absolute Gasteiger partial charge is 2.00 e. The molecule has 0 saturated carbocycles. The number of aliphatic imine (C=N–C) groups is 4. The molecule has 9 aromatic carbocycles. The molecule has 19 rings (SSSR count). The molecule has 2 unspecified atom stereocenters. The van der Waals surface area contributed by atoms with E-state index in [4.69, 9.17) is 24.9 Å². The first-order valence-electron chi connectivity index (χ1n) is 45.7. The Morgan fingerprint density at radius 2 is 0.736 bits per heavy atom. The van der Waals surface area contributed by atoms with Gasteiger partial charge >= 0.3 is 69.2 Å². The van der Waals surface area contributed by atoms with E-state index in [-0.39, 0.29) is 155 Å². The number of pyridine rings is 8. The minimum atomic E-state index is -1.09. The molecule has 2 aliphatic rings. The van der Waals surface area contributed by atoms with Crippen LogP contribution in [0.25, 0.3) is 78.5 Å². The number of aryl methyl sites for hydroxylation is 2. The van der Waals surface area contributed by atoms with E-state index in [1.807, 2.05) is 133 Å². The van der Waals surface area contributed by atoms with Crippen molar-refractivity contribution in [3.05, 3.63) is 478 Å². The van der Waals surface area contributed by atoms with E-state index < -0.39 is 51.4 Å². The summed E-state index contributed by atoms with van der Waals surface area (Å²) in [7, 11) is 0. The molecule has 8 aromatic heterocycles. The molecular weight excluding hydrogens is 2540 g/mol. The van der Waals surface area contributed by atoms with Gasteiger partial charge in [-0.2, -0.15) is 0 Å². The minimum absolute atomic E-state index is 0. The van der Waals surface area contributed by atoms with Crippen LogP contribution in [0.3, 0.4) is 0 Å². The number of carboxylic acids is 1. The first-order chi connectivity index (χ1) is 67.6. The van der Waals surface area contributed by atoms with Crippen molar-refractivity contribution in [1.29, 1.82) is 0 Å². The fraction of sp³-hybridized carbons (Fsp3) is 0.168. The number of benzene rings is 9. The van der Waals surface area contributed by atoms with Gasteiger partial charge in [-0.05, 0) is 188 Å². The molecule has 0 radical (unpaired) electrons. The van der Waals surface area contributed by atoms with Crippen molar-refractivity contribution in [3.63, 3.8) is 0 Å². The first-order valence-corrected chi connectivity index (χ1v) is 45.7. The smallest absolute Gasteiger partial charge is 0.477 e. The number of hydrogen-bond acceptors (Lipinski definition) is 13. The summed E-state index contributed by atoms with van der Waals surface area (Å²) in [5, 5.41) is 9.53. The predicted molar refractivity (Wildman–Crippen MR) is 535 cm³/mol. The fourth-order valence-corrected chi connectivity index (χ4v) is 17.6. The van der Waals surface area contributed by atoms with Crippen LogP contribution in [0.15, 0.2) is 341 Å². The van der Waals surface area contributed by atoms with Crippen LogP contribution < -0.4 is 0 Å². The summed E-state index contributed by atoms with van der Waals surface area (Å²) >= 11 is 0. The van der Waals surface area contributed by atoms with Gasteiger partial charge in [0.2, 0.25) is 0 Å². The Bertz CT molecular complexity index is 7120.